The van der Waals surface area contributed by atoms with Crippen LogP contribution in [-0.4, -0.2) is 21.1 Å². The number of nitrogens with zero attached hydrogens (tertiary/aromatic N) is 3. The number of halogens is 2. The van der Waals surface area contributed by atoms with Gasteiger partial charge in [0.15, 0.2) is 5.65 Å². The van der Waals surface area contributed by atoms with Crippen molar-refractivity contribution >= 4 is 65.0 Å². The molecular formula is C26H23Br2N3O. The molecule has 162 valence electrons. The van der Waals surface area contributed by atoms with Crippen LogP contribution in [0.3, 0.4) is 0 Å². The van der Waals surface area contributed by atoms with E-state index in [0.29, 0.717) is 6.54 Å². The molecule has 2 aromatic heterocycles. The number of aromatic nitrogens is 3. The predicted molar refractivity (Wildman–Crippen MR) is 139 cm³/mol. The zero-order valence-corrected chi connectivity index (χ0v) is 21.0. The van der Waals surface area contributed by atoms with E-state index in [1.807, 2.05) is 24.3 Å². The number of ether oxygens (including phenoxy) is 1. The molecule has 4 nitrogen and oxygen atoms in total. The number of hydrogen-bond acceptors (Lipinski definition) is 3. The Morgan fingerprint density at radius 3 is 2.41 bits per heavy atom. The van der Waals surface area contributed by atoms with Gasteiger partial charge in [0.1, 0.15) is 11.3 Å². The average molecular weight is 553 g/mol. The largest absolute Gasteiger partial charge is 0.494 e. The average Bonchev–Trinajstić information content (AvgIpc) is 3.09. The Morgan fingerprint density at radius 1 is 0.906 bits per heavy atom. The molecule has 0 aliphatic carbocycles. The smallest absolute Gasteiger partial charge is 0.160 e. The second kappa shape index (κ2) is 9.20. The Labute approximate surface area is 203 Å². The Morgan fingerprint density at radius 2 is 1.66 bits per heavy atom. The van der Waals surface area contributed by atoms with Crippen molar-refractivity contribution in [2.24, 2.45) is 0 Å². The fraction of sp³-hybridized carbons (Fsp3) is 0.231. The third kappa shape index (κ3) is 4.14. The van der Waals surface area contributed by atoms with Gasteiger partial charge in [-0.2, -0.15) is 0 Å². The quantitative estimate of drug-likeness (QED) is 0.193. The molecule has 3 aromatic carbocycles. The summed E-state index contributed by atoms with van der Waals surface area (Å²) in [5.41, 5.74) is 5.89. The van der Waals surface area contributed by atoms with Crippen LogP contribution >= 0.6 is 31.9 Å². The van der Waals surface area contributed by atoms with Crippen LogP contribution in [0.1, 0.15) is 31.7 Å². The molecule has 0 atom stereocenters. The number of hydrogen-bond donors (Lipinski definition) is 0. The lowest BCUT2D eigenvalue weighted by atomic mass is 10.2. The van der Waals surface area contributed by atoms with Crippen molar-refractivity contribution in [3.05, 3.63) is 75.2 Å². The number of rotatable bonds is 7. The van der Waals surface area contributed by atoms with Crippen LogP contribution in [0.2, 0.25) is 0 Å². The Hall–Kier alpha value is -2.44. The molecule has 32 heavy (non-hydrogen) atoms. The summed E-state index contributed by atoms with van der Waals surface area (Å²) in [5.74, 6) is 0.919. The minimum Gasteiger partial charge on any atom is -0.494 e. The van der Waals surface area contributed by atoms with Crippen LogP contribution in [0.4, 0.5) is 0 Å². The minimum absolute atomic E-state index is 0.698. The molecule has 0 amide bonds. The van der Waals surface area contributed by atoms with Crippen molar-refractivity contribution in [2.45, 2.75) is 32.7 Å². The maximum absolute atomic E-state index is 5.88. The third-order valence-corrected chi connectivity index (χ3v) is 6.70. The molecule has 0 N–H and O–H groups in total. The molecule has 0 fully saturated rings. The first-order chi connectivity index (χ1) is 15.6. The number of benzene rings is 3. The van der Waals surface area contributed by atoms with Crippen LogP contribution < -0.4 is 4.74 Å². The van der Waals surface area contributed by atoms with E-state index in [2.05, 4.69) is 79.7 Å². The van der Waals surface area contributed by atoms with Crippen LogP contribution in [0.15, 0.2) is 69.6 Å². The monoisotopic (exact) mass is 551 g/mol. The SMILES string of the molecule is CCCCCOc1ccc(Cn2c3nc4ccccc4nc3c3cc(Br)cc(Br)c32)cc1. The molecule has 0 spiro atoms. The fourth-order valence-electron chi connectivity index (χ4n) is 4.06. The predicted octanol–water partition coefficient (Wildman–Crippen LogP) is 7.88. The summed E-state index contributed by atoms with van der Waals surface area (Å²) in [4.78, 5) is 9.97. The van der Waals surface area contributed by atoms with Gasteiger partial charge in [0.2, 0.25) is 0 Å². The highest BCUT2D eigenvalue weighted by molar-refractivity contribution is 9.11. The highest BCUT2D eigenvalue weighted by Crippen LogP contribution is 2.36. The summed E-state index contributed by atoms with van der Waals surface area (Å²) in [6, 6.07) is 20.6. The first kappa shape index (κ1) is 21.4. The third-order valence-electron chi connectivity index (χ3n) is 5.64. The van der Waals surface area contributed by atoms with E-state index in [9.17, 15) is 0 Å². The first-order valence-electron chi connectivity index (χ1n) is 10.9. The lowest BCUT2D eigenvalue weighted by Crippen LogP contribution is -2.02. The van der Waals surface area contributed by atoms with Gasteiger partial charge < -0.3 is 9.30 Å². The standard InChI is InChI=1S/C26H23Br2N3O/c1-2-3-6-13-32-19-11-9-17(10-12-19)16-31-25-20(14-18(27)15-21(25)28)24-26(31)30-23-8-5-4-7-22(23)29-24/h4-5,7-12,14-15H,2-3,6,13,16H2,1H3. The zero-order chi connectivity index (χ0) is 22.1. The Kier molecular flexibility index (Phi) is 6.15. The summed E-state index contributed by atoms with van der Waals surface area (Å²) in [6.07, 6.45) is 3.49. The van der Waals surface area contributed by atoms with Crippen molar-refractivity contribution in [1.82, 2.24) is 14.5 Å². The maximum atomic E-state index is 5.88. The van der Waals surface area contributed by atoms with Crippen molar-refractivity contribution in [2.75, 3.05) is 6.61 Å². The maximum Gasteiger partial charge on any atom is 0.160 e. The molecule has 0 saturated carbocycles. The van der Waals surface area contributed by atoms with Crippen molar-refractivity contribution in [1.29, 1.82) is 0 Å². The van der Waals surface area contributed by atoms with Crippen molar-refractivity contribution < 1.29 is 4.74 Å². The normalized spacial score (nSPS) is 11.6. The fourth-order valence-corrected chi connectivity index (χ4v) is 5.50. The number of para-hydroxylation sites is 2. The van der Waals surface area contributed by atoms with E-state index in [4.69, 9.17) is 14.7 Å². The van der Waals surface area contributed by atoms with E-state index in [0.717, 1.165) is 60.8 Å². The minimum atomic E-state index is 0.698. The van der Waals surface area contributed by atoms with E-state index in [-0.39, 0.29) is 0 Å². The van der Waals surface area contributed by atoms with Crippen LogP contribution in [-0.2, 0) is 6.54 Å². The topological polar surface area (TPSA) is 39.9 Å². The highest BCUT2D eigenvalue weighted by Gasteiger charge is 2.18. The molecule has 0 saturated heterocycles. The zero-order valence-electron chi connectivity index (χ0n) is 17.8. The van der Waals surface area contributed by atoms with Crippen LogP contribution in [0, 0.1) is 0 Å². The first-order valence-corrected chi connectivity index (χ1v) is 12.5. The van der Waals surface area contributed by atoms with E-state index < -0.39 is 0 Å². The van der Waals surface area contributed by atoms with Crippen LogP contribution in [0.25, 0.3) is 33.1 Å². The van der Waals surface area contributed by atoms with Gasteiger partial charge in [-0.15, -0.1) is 0 Å². The number of unbranched alkanes of at least 4 members (excludes halogenated alkanes) is 2. The molecular weight excluding hydrogens is 530 g/mol. The summed E-state index contributed by atoms with van der Waals surface area (Å²) in [7, 11) is 0. The van der Waals surface area contributed by atoms with Crippen molar-refractivity contribution in [3.8, 4) is 5.75 Å². The molecule has 0 radical (unpaired) electrons. The molecule has 5 rings (SSSR count). The Bertz CT molecular complexity index is 1410. The van der Waals surface area contributed by atoms with Crippen molar-refractivity contribution in [3.63, 3.8) is 0 Å². The summed E-state index contributed by atoms with van der Waals surface area (Å²) in [5, 5.41) is 1.08. The molecule has 0 unspecified atom stereocenters. The molecule has 0 bridgehead atoms. The number of fused-ring (bicyclic) bond motifs is 4. The van der Waals surface area contributed by atoms with E-state index >= 15 is 0 Å². The summed E-state index contributed by atoms with van der Waals surface area (Å²) in [6.45, 7) is 3.67. The van der Waals surface area contributed by atoms with Gasteiger partial charge in [0, 0.05) is 20.9 Å². The van der Waals surface area contributed by atoms with Gasteiger partial charge in [-0.25, -0.2) is 9.97 Å². The molecule has 6 heteroatoms. The lowest BCUT2D eigenvalue weighted by molar-refractivity contribution is 0.306. The van der Waals surface area contributed by atoms with Gasteiger partial charge in [-0.3, -0.25) is 0 Å². The van der Waals surface area contributed by atoms with Gasteiger partial charge in [-0.05, 0) is 64.3 Å². The molecule has 5 aromatic rings. The van der Waals surface area contributed by atoms with Gasteiger partial charge in [-0.1, -0.05) is 60.0 Å². The summed E-state index contributed by atoms with van der Waals surface area (Å²) >= 11 is 7.40. The van der Waals surface area contributed by atoms with Gasteiger partial charge in [0.25, 0.3) is 0 Å². The van der Waals surface area contributed by atoms with E-state index in [1.165, 1.54) is 18.4 Å². The second-order valence-electron chi connectivity index (χ2n) is 7.95. The molecule has 0 aliphatic rings. The second-order valence-corrected chi connectivity index (χ2v) is 9.72. The van der Waals surface area contributed by atoms with Crippen LogP contribution in [0.5, 0.6) is 5.75 Å². The van der Waals surface area contributed by atoms with Gasteiger partial charge in [0.05, 0.1) is 23.2 Å². The Balaban J connectivity index is 1.57. The van der Waals surface area contributed by atoms with Gasteiger partial charge >= 0.3 is 0 Å². The molecule has 2 heterocycles. The molecule has 0 aliphatic heterocycles. The lowest BCUT2D eigenvalue weighted by Gasteiger charge is -2.10. The van der Waals surface area contributed by atoms with E-state index in [1.54, 1.807) is 0 Å². The summed E-state index contributed by atoms with van der Waals surface area (Å²) < 4.78 is 10.2. The highest BCUT2D eigenvalue weighted by atomic mass is 79.9.